The number of amides is 1. The van der Waals surface area contributed by atoms with Gasteiger partial charge in [0.05, 0.1) is 13.2 Å². The number of nitrogens with one attached hydrogen (secondary N) is 1. The SMILES string of the molecule is COc1cccc([C@H](NC(=O)Cn2c(C)cc(C)nc2=O)c2ccccc2)c1. The number of ether oxygens (including phenoxy) is 1. The molecule has 2 aromatic carbocycles. The van der Waals surface area contributed by atoms with E-state index in [0.29, 0.717) is 17.1 Å². The third kappa shape index (κ3) is 4.46. The number of aromatic nitrogens is 2. The van der Waals surface area contributed by atoms with Gasteiger partial charge in [0.15, 0.2) is 0 Å². The molecule has 0 saturated carbocycles. The smallest absolute Gasteiger partial charge is 0.348 e. The topological polar surface area (TPSA) is 73.2 Å². The van der Waals surface area contributed by atoms with Crippen LogP contribution in [0.1, 0.15) is 28.6 Å². The zero-order valence-corrected chi connectivity index (χ0v) is 16.2. The molecule has 0 fully saturated rings. The second-order valence-corrected chi connectivity index (χ2v) is 6.60. The number of aryl methyl sites for hydroxylation is 2. The lowest BCUT2D eigenvalue weighted by atomic mass is 9.98. The van der Waals surface area contributed by atoms with E-state index in [1.807, 2.05) is 54.6 Å². The summed E-state index contributed by atoms with van der Waals surface area (Å²) in [6.45, 7) is 3.46. The largest absolute Gasteiger partial charge is 0.497 e. The lowest BCUT2D eigenvalue weighted by molar-refractivity contribution is -0.122. The summed E-state index contributed by atoms with van der Waals surface area (Å²) < 4.78 is 6.69. The maximum absolute atomic E-state index is 12.8. The molecule has 0 spiro atoms. The number of carbonyl (C=O) groups excluding carboxylic acids is 1. The van der Waals surface area contributed by atoms with Crippen molar-refractivity contribution in [3.63, 3.8) is 0 Å². The minimum absolute atomic E-state index is 0.0920. The summed E-state index contributed by atoms with van der Waals surface area (Å²) in [4.78, 5) is 28.9. The standard InChI is InChI=1S/C22H23N3O3/c1-15-12-16(2)25(22(27)23-15)14-20(26)24-21(17-8-5-4-6-9-17)18-10-7-11-19(13-18)28-3/h4-13,21H,14H2,1-3H3,(H,24,26)/t21-/m1/s1. The Morgan fingerprint density at radius 3 is 2.46 bits per heavy atom. The van der Waals surface area contributed by atoms with Gasteiger partial charge in [0.2, 0.25) is 5.91 Å². The van der Waals surface area contributed by atoms with Crippen molar-refractivity contribution in [2.24, 2.45) is 0 Å². The third-order valence-electron chi connectivity index (χ3n) is 4.51. The third-order valence-corrected chi connectivity index (χ3v) is 4.51. The Morgan fingerprint density at radius 2 is 1.79 bits per heavy atom. The molecule has 28 heavy (non-hydrogen) atoms. The van der Waals surface area contributed by atoms with Crippen molar-refractivity contribution >= 4 is 5.91 Å². The first-order valence-corrected chi connectivity index (χ1v) is 9.01. The second kappa shape index (κ2) is 8.52. The molecule has 6 nitrogen and oxygen atoms in total. The van der Waals surface area contributed by atoms with Crippen LogP contribution in [0.25, 0.3) is 0 Å². The summed E-state index contributed by atoms with van der Waals surface area (Å²) in [6.07, 6.45) is 0. The van der Waals surface area contributed by atoms with Gasteiger partial charge in [-0.05, 0) is 43.2 Å². The normalized spacial score (nSPS) is 11.7. The van der Waals surface area contributed by atoms with Gasteiger partial charge in [0.25, 0.3) is 0 Å². The first-order chi connectivity index (χ1) is 13.5. The number of nitrogens with zero attached hydrogens (tertiary/aromatic N) is 2. The molecule has 3 aromatic rings. The Morgan fingerprint density at radius 1 is 1.07 bits per heavy atom. The van der Waals surface area contributed by atoms with Crippen LogP contribution >= 0.6 is 0 Å². The van der Waals surface area contributed by atoms with E-state index < -0.39 is 5.69 Å². The number of hydrogen-bond acceptors (Lipinski definition) is 4. The number of methoxy groups -OCH3 is 1. The fraction of sp³-hybridized carbons (Fsp3) is 0.227. The minimum Gasteiger partial charge on any atom is -0.497 e. The number of benzene rings is 2. The van der Waals surface area contributed by atoms with Gasteiger partial charge in [-0.25, -0.2) is 4.79 Å². The molecular weight excluding hydrogens is 354 g/mol. The van der Waals surface area contributed by atoms with Gasteiger partial charge in [-0.3, -0.25) is 9.36 Å². The van der Waals surface area contributed by atoms with Crippen LogP contribution < -0.4 is 15.7 Å². The number of rotatable bonds is 6. The first-order valence-electron chi connectivity index (χ1n) is 9.01. The van der Waals surface area contributed by atoms with Crippen molar-refractivity contribution in [2.75, 3.05) is 7.11 Å². The molecule has 3 rings (SSSR count). The van der Waals surface area contributed by atoms with Crippen LogP contribution in [-0.4, -0.2) is 22.6 Å². The van der Waals surface area contributed by atoms with E-state index in [1.54, 1.807) is 27.0 Å². The molecule has 1 aromatic heterocycles. The molecule has 0 radical (unpaired) electrons. The molecule has 1 amide bonds. The van der Waals surface area contributed by atoms with Gasteiger partial charge < -0.3 is 10.1 Å². The van der Waals surface area contributed by atoms with Crippen molar-refractivity contribution in [1.82, 2.24) is 14.9 Å². The average Bonchev–Trinajstić information content (AvgIpc) is 2.69. The molecule has 0 aliphatic heterocycles. The molecular formula is C22H23N3O3. The van der Waals surface area contributed by atoms with Crippen LogP contribution in [0, 0.1) is 13.8 Å². The lowest BCUT2D eigenvalue weighted by Crippen LogP contribution is -2.36. The van der Waals surface area contributed by atoms with E-state index in [4.69, 9.17) is 4.74 Å². The van der Waals surface area contributed by atoms with E-state index in [2.05, 4.69) is 10.3 Å². The van der Waals surface area contributed by atoms with Crippen molar-refractivity contribution in [2.45, 2.75) is 26.4 Å². The van der Waals surface area contributed by atoms with E-state index >= 15 is 0 Å². The molecule has 0 saturated heterocycles. The Hall–Kier alpha value is -3.41. The maximum Gasteiger partial charge on any atom is 0.348 e. The van der Waals surface area contributed by atoms with Crippen molar-refractivity contribution < 1.29 is 9.53 Å². The van der Waals surface area contributed by atoms with E-state index in [0.717, 1.165) is 11.1 Å². The maximum atomic E-state index is 12.8. The molecule has 0 bridgehead atoms. The Kier molecular flexibility index (Phi) is 5.89. The highest BCUT2D eigenvalue weighted by Gasteiger charge is 2.18. The van der Waals surface area contributed by atoms with Gasteiger partial charge in [-0.15, -0.1) is 0 Å². The molecule has 0 aliphatic rings. The second-order valence-electron chi connectivity index (χ2n) is 6.60. The predicted molar refractivity (Wildman–Crippen MR) is 107 cm³/mol. The van der Waals surface area contributed by atoms with Crippen LogP contribution in [0.15, 0.2) is 65.5 Å². The van der Waals surface area contributed by atoms with E-state index in [-0.39, 0.29) is 18.5 Å². The van der Waals surface area contributed by atoms with Crippen molar-refractivity contribution in [1.29, 1.82) is 0 Å². The summed E-state index contributed by atoms with van der Waals surface area (Å²) in [7, 11) is 1.61. The lowest BCUT2D eigenvalue weighted by Gasteiger charge is -2.21. The summed E-state index contributed by atoms with van der Waals surface area (Å²) in [5.74, 6) is 0.440. The van der Waals surface area contributed by atoms with Crippen LogP contribution in [0.5, 0.6) is 5.75 Å². The Balaban J connectivity index is 1.90. The zero-order valence-electron chi connectivity index (χ0n) is 16.2. The first kappa shape index (κ1) is 19.4. The van der Waals surface area contributed by atoms with E-state index in [1.165, 1.54) is 4.57 Å². The van der Waals surface area contributed by atoms with Crippen LogP contribution in [-0.2, 0) is 11.3 Å². The summed E-state index contributed by atoms with van der Waals surface area (Å²) in [5, 5.41) is 3.04. The van der Waals surface area contributed by atoms with Crippen LogP contribution in [0.4, 0.5) is 0 Å². The molecule has 1 N–H and O–H groups in total. The minimum atomic E-state index is -0.426. The zero-order chi connectivity index (χ0) is 20.1. The van der Waals surface area contributed by atoms with Gasteiger partial charge >= 0.3 is 5.69 Å². The fourth-order valence-electron chi connectivity index (χ4n) is 3.14. The molecule has 6 heteroatoms. The van der Waals surface area contributed by atoms with Gasteiger partial charge in [-0.2, -0.15) is 4.98 Å². The highest BCUT2D eigenvalue weighted by molar-refractivity contribution is 5.77. The fourth-order valence-corrected chi connectivity index (χ4v) is 3.14. The Bertz CT molecular complexity index is 1030. The van der Waals surface area contributed by atoms with E-state index in [9.17, 15) is 9.59 Å². The molecule has 0 aliphatic carbocycles. The van der Waals surface area contributed by atoms with Gasteiger partial charge in [-0.1, -0.05) is 42.5 Å². The van der Waals surface area contributed by atoms with Crippen LogP contribution in [0.2, 0.25) is 0 Å². The highest BCUT2D eigenvalue weighted by Crippen LogP contribution is 2.25. The van der Waals surface area contributed by atoms with Gasteiger partial charge in [0, 0.05) is 11.4 Å². The average molecular weight is 377 g/mol. The molecule has 1 atom stereocenters. The highest BCUT2D eigenvalue weighted by atomic mass is 16.5. The molecule has 0 unspecified atom stereocenters. The summed E-state index contributed by atoms with van der Waals surface area (Å²) >= 11 is 0. The quantitative estimate of drug-likeness (QED) is 0.717. The van der Waals surface area contributed by atoms with Crippen molar-refractivity contribution in [3.05, 3.63) is 93.7 Å². The number of hydrogen-bond donors (Lipinski definition) is 1. The number of carbonyl (C=O) groups is 1. The van der Waals surface area contributed by atoms with Crippen LogP contribution in [0.3, 0.4) is 0 Å². The molecule has 1 heterocycles. The summed E-state index contributed by atoms with van der Waals surface area (Å²) in [6, 6.07) is 18.7. The van der Waals surface area contributed by atoms with Crippen molar-refractivity contribution in [3.8, 4) is 5.75 Å². The van der Waals surface area contributed by atoms with Gasteiger partial charge in [0.1, 0.15) is 12.3 Å². The summed E-state index contributed by atoms with van der Waals surface area (Å²) in [5.41, 5.74) is 2.74. The predicted octanol–water partition coefficient (Wildman–Crippen LogP) is 2.77. The Labute approximate surface area is 163 Å². The monoisotopic (exact) mass is 377 g/mol. The molecule has 144 valence electrons.